The van der Waals surface area contributed by atoms with E-state index in [1.165, 1.54) is 57.8 Å². The molecular formula is C45H75NO7. The van der Waals surface area contributed by atoms with Crippen molar-refractivity contribution < 1.29 is 38.2 Å². The number of ether oxygens (including phenoxy) is 3. The van der Waals surface area contributed by atoms with E-state index in [1.54, 1.807) is 21.1 Å². The van der Waals surface area contributed by atoms with Gasteiger partial charge in [0, 0.05) is 19.3 Å². The SMILES string of the molecule is CC/C=C/C=C/C=C/C=C/C=C/CCCC(=O)OC(COCCC(C(=O)[O-])[N+](C)(C)C)COC(=O)CCCCCCC/C=C/CCCCCCCCC. The maximum atomic E-state index is 12.6. The van der Waals surface area contributed by atoms with Crippen LogP contribution in [0.4, 0.5) is 0 Å². The molecule has 0 spiro atoms. The number of aliphatic carboxylic acids is 1. The van der Waals surface area contributed by atoms with E-state index in [0.29, 0.717) is 19.3 Å². The van der Waals surface area contributed by atoms with Gasteiger partial charge in [0.2, 0.25) is 0 Å². The van der Waals surface area contributed by atoms with Crippen molar-refractivity contribution in [2.45, 2.75) is 154 Å². The number of likely N-dealkylation sites (N-methyl/N-ethyl adjacent to an activating group) is 1. The molecule has 2 unspecified atom stereocenters. The summed E-state index contributed by atoms with van der Waals surface area (Å²) in [5.41, 5.74) is 0. The second-order valence-electron chi connectivity index (χ2n) is 14.6. The van der Waals surface area contributed by atoms with Gasteiger partial charge in [-0.05, 0) is 51.4 Å². The Morgan fingerprint density at radius 1 is 0.585 bits per heavy atom. The van der Waals surface area contributed by atoms with Crippen LogP contribution in [0, 0.1) is 0 Å². The zero-order chi connectivity index (χ0) is 39.3. The van der Waals surface area contributed by atoms with Crippen LogP contribution in [-0.2, 0) is 28.6 Å². The average molecular weight is 742 g/mol. The van der Waals surface area contributed by atoms with Gasteiger partial charge in [0.15, 0.2) is 6.10 Å². The predicted molar refractivity (Wildman–Crippen MR) is 217 cm³/mol. The number of hydrogen-bond acceptors (Lipinski definition) is 7. The van der Waals surface area contributed by atoms with Gasteiger partial charge < -0.3 is 28.6 Å². The van der Waals surface area contributed by atoms with Crippen molar-refractivity contribution in [2.75, 3.05) is 41.0 Å². The zero-order valence-corrected chi connectivity index (χ0v) is 34.2. The van der Waals surface area contributed by atoms with E-state index in [1.807, 2.05) is 54.7 Å². The lowest BCUT2D eigenvalue weighted by Crippen LogP contribution is -2.55. The molecule has 0 saturated carbocycles. The summed E-state index contributed by atoms with van der Waals surface area (Å²) in [5, 5.41) is 11.6. The summed E-state index contributed by atoms with van der Waals surface area (Å²) < 4.78 is 17.0. The van der Waals surface area contributed by atoms with Crippen molar-refractivity contribution in [3.05, 3.63) is 72.9 Å². The Hall–Kier alpha value is -3.23. The van der Waals surface area contributed by atoms with Crippen LogP contribution in [0.2, 0.25) is 0 Å². The van der Waals surface area contributed by atoms with Crippen LogP contribution in [0.3, 0.4) is 0 Å². The molecule has 0 amide bonds. The summed E-state index contributed by atoms with van der Waals surface area (Å²) >= 11 is 0. The zero-order valence-electron chi connectivity index (χ0n) is 34.2. The fourth-order valence-electron chi connectivity index (χ4n) is 5.51. The van der Waals surface area contributed by atoms with Crippen molar-refractivity contribution in [3.8, 4) is 0 Å². The number of allylic oxidation sites excluding steroid dienone is 12. The number of hydrogen-bond donors (Lipinski definition) is 0. The van der Waals surface area contributed by atoms with Crippen molar-refractivity contribution >= 4 is 17.9 Å². The molecule has 0 radical (unpaired) electrons. The van der Waals surface area contributed by atoms with E-state index >= 15 is 0 Å². The normalized spacial score (nSPS) is 13.8. The lowest BCUT2D eigenvalue weighted by molar-refractivity contribution is -0.889. The molecule has 53 heavy (non-hydrogen) atoms. The number of nitrogens with zero attached hydrogens (tertiary/aromatic N) is 1. The van der Waals surface area contributed by atoms with Gasteiger partial charge in [-0.1, -0.05) is 145 Å². The summed E-state index contributed by atoms with van der Waals surface area (Å²) in [4.78, 5) is 36.7. The standard InChI is InChI=1S/C45H75NO7/c1-6-8-10-12-14-16-18-20-21-22-24-25-27-29-31-33-35-43(47)52-40-41(39-51-38-37-42(45(49)50)46(3,4)5)53-44(48)36-34-32-30-28-26-23-19-17-15-13-11-9-7-2/h9,11,13,15,17,19,21-23,26,28,30,41-42H,6-8,10,12,14,16,18,20,24-25,27,29,31-40H2,1-5H3/b11-9+,15-13+,19-17+,22-21+,26-23+,30-28+. The topological polar surface area (TPSA) is 102 Å². The van der Waals surface area contributed by atoms with Crippen LogP contribution in [0.1, 0.15) is 142 Å². The molecule has 0 aliphatic heterocycles. The Kier molecular flexibility index (Phi) is 33.6. The molecule has 0 heterocycles. The first kappa shape index (κ1) is 49.8. The highest BCUT2D eigenvalue weighted by Crippen LogP contribution is 2.12. The van der Waals surface area contributed by atoms with E-state index in [9.17, 15) is 19.5 Å². The molecule has 0 rings (SSSR count). The molecule has 8 nitrogen and oxygen atoms in total. The van der Waals surface area contributed by atoms with Crippen LogP contribution < -0.4 is 5.11 Å². The third-order valence-electron chi connectivity index (χ3n) is 8.70. The Balaban J connectivity index is 4.50. The van der Waals surface area contributed by atoms with Crippen LogP contribution in [0.5, 0.6) is 0 Å². The van der Waals surface area contributed by atoms with Gasteiger partial charge in [0.25, 0.3) is 0 Å². The number of esters is 2. The molecule has 8 heteroatoms. The van der Waals surface area contributed by atoms with Crippen molar-refractivity contribution in [3.63, 3.8) is 0 Å². The third-order valence-corrected chi connectivity index (χ3v) is 8.70. The highest BCUT2D eigenvalue weighted by atomic mass is 16.6. The molecule has 0 aromatic rings. The average Bonchev–Trinajstić information content (AvgIpc) is 3.11. The lowest BCUT2D eigenvalue weighted by atomic mass is 10.1. The monoisotopic (exact) mass is 742 g/mol. The van der Waals surface area contributed by atoms with Gasteiger partial charge in [-0.2, -0.15) is 0 Å². The molecule has 0 aliphatic rings. The molecule has 0 saturated heterocycles. The largest absolute Gasteiger partial charge is 0.544 e. The number of carbonyl (C=O) groups is 3. The summed E-state index contributed by atoms with van der Waals surface area (Å²) in [5.74, 6) is -1.85. The summed E-state index contributed by atoms with van der Waals surface area (Å²) in [6.45, 7) is 4.40. The molecule has 0 aliphatic carbocycles. The van der Waals surface area contributed by atoms with E-state index < -0.39 is 24.1 Å². The first-order valence-corrected chi connectivity index (χ1v) is 20.5. The van der Waals surface area contributed by atoms with E-state index in [4.69, 9.17) is 14.2 Å². The molecule has 0 aromatic heterocycles. The second kappa shape index (κ2) is 35.8. The van der Waals surface area contributed by atoms with Gasteiger partial charge in [0.1, 0.15) is 12.6 Å². The van der Waals surface area contributed by atoms with E-state index in [0.717, 1.165) is 38.5 Å². The summed E-state index contributed by atoms with van der Waals surface area (Å²) in [6.07, 6.45) is 43.7. The molecule has 0 fully saturated rings. The number of quaternary nitrogens is 1. The van der Waals surface area contributed by atoms with Gasteiger partial charge >= 0.3 is 11.9 Å². The fourth-order valence-corrected chi connectivity index (χ4v) is 5.51. The molecule has 2 atom stereocenters. The van der Waals surface area contributed by atoms with Crippen molar-refractivity contribution in [2.24, 2.45) is 0 Å². The quantitative estimate of drug-likeness (QED) is 0.0210. The Morgan fingerprint density at radius 3 is 1.66 bits per heavy atom. The number of unbranched alkanes of at least 4 members (excludes halogenated alkanes) is 13. The second-order valence-corrected chi connectivity index (χ2v) is 14.6. The van der Waals surface area contributed by atoms with Crippen LogP contribution >= 0.6 is 0 Å². The van der Waals surface area contributed by atoms with Crippen LogP contribution in [-0.4, -0.2) is 75.5 Å². The lowest BCUT2D eigenvalue weighted by Gasteiger charge is -2.34. The molecule has 0 N–H and O–H groups in total. The maximum Gasteiger partial charge on any atom is 0.306 e. The van der Waals surface area contributed by atoms with Crippen molar-refractivity contribution in [1.82, 2.24) is 0 Å². The van der Waals surface area contributed by atoms with Crippen molar-refractivity contribution in [1.29, 1.82) is 0 Å². The highest BCUT2D eigenvalue weighted by Gasteiger charge is 2.25. The first-order valence-electron chi connectivity index (χ1n) is 20.5. The first-order chi connectivity index (χ1) is 25.6. The summed E-state index contributed by atoms with van der Waals surface area (Å²) in [7, 11) is 5.36. The van der Waals surface area contributed by atoms with E-state index in [-0.39, 0.29) is 43.1 Å². The minimum absolute atomic E-state index is 0.00567. The van der Waals surface area contributed by atoms with Crippen LogP contribution in [0.25, 0.3) is 0 Å². The number of carbonyl (C=O) groups excluding carboxylic acids is 3. The molecular weight excluding hydrogens is 666 g/mol. The minimum atomic E-state index is -1.14. The highest BCUT2D eigenvalue weighted by molar-refractivity contribution is 5.70. The molecule has 0 bridgehead atoms. The fraction of sp³-hybridized carbons (Fsp3) is 0.667. The number of carboxylic acid groups (broad SMARTS) is 1. The van der Waals surface area contributed by atoms with Crippen LogP contribution in [0.15, 0.2) is 72.9 Å². The number of rotatable bonds is 35. The molecule has 0 aromatic carbocycles. The minimum Gasteiger partial charge on any atom is -0.544 e. The Labute approximate surface area is 323 Å². The maximum absolute atomic E-state index is 12.6. The number of carboxylic acids is 1. The molecule has 302 valence electrons. The van der Waals surface area contributed by atoms with Gasteiger partial charge in [-0.3, -0.25) is 9.59 Å². The van der Waals surface area contributed by atoms with E-state index in [2.05, 4.69) is 32.1 Å². The van der Waals surface area contributed by atoms with Gasteiger partial charge in [-0.15, -0.1) is 0 Å². The Morgan fingerprint density at radius 2 is 1.09 bits per heavy atom. The Bertz CT molecular complexity index is 1100. The van der Waals surface area contributed by atoms with Gasteiger partial charge in [0.05, 0.1) is 40.3 Å². The predicted octanol–water partition coefficient (Wildman–Crippen LogP) is 9.46. The summed E-state index contributed by atoms with van der Waals surface area (Å²) in [6, 6.07) is -0.742. The smallest absolute Gasteiger partial charge is 0.306 e. The third kappa shape index (κ3) is 34.3. The van der Waals surface area contributed by atoms with Gasteiger partial charge in [-0.25, -0.2) is 0 Å².